The molecule has 1 aromatic rings. The minimum absolute atomic E-state index is 0.0999. The van der Waals surface area contributed by atoms with Crippen molar-refractivity contribution in [1.29, 1.82) is 0 Å². The van der Waals surface area contributed by atoms with E-state index in [1.807, 2.05) is 6.07 Å². The molecular formula is C14H21FN2O. The summed E-state index contributed by atoms with van der Waals surface area (Å²) in [5.74, 6) is -0.0377. The van der Waals surface area contributed by atoms with Crippen molar-refractivity contribution in [1.82, 2.24) is 4.90 Å². The number of hydrogen-bond acceptors (Lipinski definition) is 3. The highest BCUT2D eigenvalue weighted by Crippen LogP contribution is 2.30. The summed E-state index contributed by atoms with van der Waals surface area (Å²) in [6.45, 7) is 3.75. The summed E-state index contributed by atoms with van der Waals surface area (Å²) in [6.07, 6.45) is 2.38. The molecule has 0 aromatic heterocycles. The van der Waals surface area contributed by atoms with Crippen molar-refractivity contribution >= 4 is 0 Å². The Kier molecular flexibility index (Phi) is 4.19. The molecule has 1 fully saturated rings. The van der Waals surface area contributed by atoms with Crippen LogP contribution in [0.5, 0.6) is 5.75 Å². The fraction of sp³-hybridized carbons (Fsp3) is 0.571. The maximum atomic E-state index is 13.7. The molecule has 0 amide bonds. The SMILES string of the molecule is COc1ccc(C(CN)N2CCCC2C)cc1F. The van der Waals surface area contributed by atoms with Gasteiger partial charge in [-0.1, -0.05) is 6.07 Å². The third-order valence-corrected chi connectivity index (χ3v) is 3.79. The number of rotatable bonds is 4. The second kappa shape index (κ2) is 5.67. The summed E-state index contributed by atoms with van der Waals surface area (Å²) >= 11 is 0. The molecule has 100 valence electrons. The van der Waals surface area contributed by atoms with Crippen molar-refractivity contribution in [3.05, 3.63) is 29.6 Å². The molecule has 2 rings (SSSR count). The van der Waals surface area contributed by atoms with Gasteiger partial charge in [-0.3, -0.25) is 4.90 Å². The Bertz CT molecular complexity index is 411. The average Bonchev–Trinajstić information content (AvgIpc) is 2.77. The lowest BCUT2D eigenvalue weighted by Gasteiger charge is -2.31. The summed E-state index contributed by atoms with van der Waals surface area (Å²) in [6, 6.07) is 5.74. The molecule has 0 aliphatic carbocycles. The average molecular weight is 252 g/mol. The summed E-state index contributed by atoms with van der Waals surface area (Å²) < 4.78 is 18.7. The normalized spacial score (nSPS) is 22.1. The summed E-state index contributed by atoms with van der Waals surface area (Å²) in [7, 11) is 1.47. The molecule has 1 aliphatic rings. The Balaban J connectivity index is 2.24. The van der Waals surface area contributed by atoms with Crippen LogP contribution in [0, 0.1) is 5.82 Å². The summed E-state index contributed by atoms with van der Waals surface area (Å²) in [5, 5.41) is 0. The molecule has 1 aliphatic heterocycles. The smallest absolute Gasteiger partial charge is 0.165 e. The van der Waals surface area contributed by atoms with Crippen molar-refractivity contribution in [2.45, 2.75) is 31.8 Å². The molecule has 0 radical (unpaired) electrons. The molecule has 3 nitrogen and oxygen atoms in total. The molecule has 1 saturated heterocycles. The van der Waals surface area contributed by atoms with Crippen LogP contribution in [0.2, 0.25) is 0 Å². The number of halogens is 1. The van der Waals surface area contributed by atoms with E-state index in [9.17, 15) is 4.39 Å². The fourth-order valence-electron chi connectivity index (χ4n) is 2.77. The lowest BCUT2D eigenvalue weighted by atomic mass is 10.0. The lowest BCUT2D eigenvalue weighted by molar-refractivity contribution is 0.195. The van der Waals surface area contributed by atoms with Gasteiger partial charge < -0.3 is 10.5 Å². The van der Waals surface area contributed by atoms with Crippen LogP contribution in [-0.4, -0.2) is 31.1 Å². The third kappa shape index (κ3) is 2.49. The van der Waals surface area contributed by atoms with Gasteiger partial charge in [0.15, 0.2) is 11.6 Å². The minimum atomic E-state index is -0.319. The Morgan fingerprint density at radius 1 is 1.56 bits per heavy atom. The molecule has 1 heterocycles. The van der Waals surface area contributed by atoms with Crippen LogP contribution in [0.25, 0.3) is 0 Å². The third-order valence-electron chi connectivity index (χ3n) is 3.79. The monoisotopic (exact) mass is 252 g/mol. The van der Waals surface area contributed by atoms with Gasteiger partial charge >= 0.3 is 0 Å². The van der Waals surface area contributed by atoms with Crippen LogP contribution in [0.4, 0.5) is 4.39 Å². The van der Waals surface area contributed by atoms with Gasteiger partial charge in [0.25, 0.3) is 0 Å². The molecule has 0 saturated carbocycles. The first-order valence-electron chi connectivity index (χ1n) is 6.46. The van der Waals surface area contributed by atoms with Crippen molar-refractivity contribution < 1.29 is 9.13 Å². The molecule has 2 unspecified atom stereocenters. The first kappa shape index (κ1) is 13.3. The molecule has 2 atom stereocenters. The second-order valence-corrected chi connectivity index (χ2v) is 4.87. The van der Waals surface area contributed by atoms with E-state index in [1.54, 1.807) is 12.1 Å². The largest absolute Gasteiger partial charge is 0.494 e. The van der Waals surface area contributed by atoms with Crippen molar-refractivity contribution in [3.8, 4) is 5.75 Å². The van der Waals surface area contributed by atoms with Gasteiger partial charge in [-0.25, -0.2) is 4.39 Å². The zero-order valence-corrected chi connectivity index (χ0v) is 11.0. The van der Waals surface area contributed by atoms with Crippen LogP contribution in [0.3, 0.4) is 0 Å². The van der Waals surface area contributed by atoms with E-state index in [4.69, 9.17) is 10.5 Å². The first-order valence-corrected chi connectivity index (χ1v) is 6.46. The fourth-order valence-corrected chi connectivity index (χ4v) is 2.77. The van der Waals surface area contributed by atoms with E-state index in [-0.39, 0.29) is 17.6 Å². The summed E-state index contributed by atoms with van der Waals surface area (Å²) in [5.41, 5.74) is 6.81. The van der Waals surface area contributed by atoms with Gasteiger partial charge in [0, 0.05) is 18.6 Å². The Morgan fingerprint density at radius 3 is 2.83 bits per heavy atom. The Hall–Kier alpha value is -1.13. The number of likely N-dealkylation sites (tertiary alicyclic amines) is 1. The molecule has 4 heteroatoms. The number of methoxy groups -OCH3 is 1. The van der Waals surface area contributed by atoms with Crippen LogP contribution in [0.15, 0.2) is 18.2 Å². The quantitative estimate of drug-likeness (QED) is 0.893. The zero-order valence-electron chi connectivity index (χ0n) is 11.0. The summed E-state index contributed by atoms with van der Waals surface area (Å²) in [4.78, 5) is 2.36. The molecular weight excluding hydrogens is 231 g/mol. The highest BCUT2D eigenvalue weighted by molar-refractivity contribution is 5.31. The number of nitrogens with zero attached hydrogens (tertiary/aromatic N) is 1. The highest BCUT2D eigenvalue weighted by Gasteiger charge is 2.28. The van der Waals surface area contributed by atoms with Gasteiger partial charge in [0.2, 0.25) is 0 Å². The van der Waals surface area contributed by atoms with Crippen molar-refractivity contribution in [3.63, 3.8) is 0 Å². The van der Waals surface area contributed by atoms with E-state index in [0.29, 0.717) is 12.6 Å². The van der Waals surface area contributed by atoms with Crippen molar-refractivity contribution in [2.24, 2.45) is 5.73 Å². The zero-order chi connectivity index (χ0) is 13.1. The van der Waals surface area contributed by atoms with Crippen molar-refractivity contribution in [2.75, 3.05) is 20.2 Å². The number of benzene rings is 1. The lowest BCUT2D eigenvalue weighted by Crippen LogP contribution is -2.36. The van der Waals surface area contributed by atoms with Gasteiger partial charge in [0.05, 0.1) is 7.11 Å². The number of hydrogen-bond donors (Lipinski definition) is 1. The molecule has 0 bridgehead atoms. The second-order valence-electron chi connectivity index (χ2n) is 4.87. The van der Waals surface area contributed by atoms with E-state index in [2.05, 4.69) is 11.8 Å². The molecule has 0 spiro atoms. The van der Waals surface area contributed by atoms with Gasteiger partial charge in [-0.05, 0) is 44.0 Å². The van der Waals surface area contributed by atoms with Crippen LogP contribution < -0.4 is 10.5 Å². The topological polar surface area (TPSA) is 38.5 Å². The van der Waals surface area contributed by atoms with Crippen LogP contribution in [0.1, 0.15) is 31.4 Å². The number of nitrogens with two attached hydrogens (primary N) is 1. The van der Waals surface area contributed by atoms with E-state index >= 15 is 0 Å². The molecule has 2 N–H and O–H groups in total. The number of ether oxygens (including phenoxy) is 1. The van der Waals surface area contributed by atoms with Gasteiger partial charge in [0.1, 0.15) is 0 Å². The highest BCUT2D eigenvalue weighted by atomic mass is 19.1. The van der Waals surface area contributed by atoms with Crippen LogP contribution in [-0.2, 0) is 0 Å². The Labute approximate surface area is 108 Å². The van der Waals surface area contributed by atoms with E-state index in [1.165, 1.54) is 20.0 Å². The minimum Gasteiger partial charge on any atom is -0.494 e. The van der Waals surface area contributed by atoms with Crippen LogP contribution >= 0.6 is 0 Å². The van der Waals surface area contributed by atoms with Gasteiger partial charge in [-0.15, -0.1) is 0 Å². The Morgan fingerprint density at radius 2 is 2.33 bits per heavy atom. The maximum absolute atomic E-state index is 13.7. The standard InChI is InChI=1S/C14H21FN2O/c1-10-4-3-7-17(10)13(9-16)11-5-6-14(18-2)12(15)8-11/h5-6,8,10,13H,3-4,7,9,16H2,1-2H3. The molecule has 1 aromatic carbocycles. The van der Waals surface area contributed by atoms with E-state index < -0.39 is 0 Å². The molecule has 18 heavy (non-hydrogen) atoms. The predicted molar refractivity (Wildman–Crippen MR) is 70.1 cm³/mol. The predicted octanol–water partition coefficient (Wildman–Crippen LogP) is 2.32. The van der Waals surface area contributed by atoms with E-state index in [0.717, 1.165) is 12.1 Å². The maximum Gasteiger partial charge on any atom is 0.165 e. The van der Waals surface area contributed by atoms with Gasteiger partial charge in [-0.2, -0.15) is 0 Å². The first-order chi connectivity index (χ1) is 8.67.